The molecule has 0 aliphatic heterocycles. The van der Waals surface area contributed by atoms with Gasteiger partial charge in [0.15, 0.2) is 0 Å². The SMILES string of the molecule is NCC=C(O)c1ccccc1. The van der Waals surface area contributed by atoms with Crippen molar-refractivity contribution in [3.63, 3.8) is 0 Å². The van der Waals surface area contributed by atoms with Crippen molar-refractivity contribution in [3.8, 4) is 0 Å². The minimum atomic E-state index is 0.244. The van der Waals surface area contributed by atoms with E-state index < -0.39 is 0 Å². The molecule has 0 saturated heterocycles. The van der Waals surface area contributed by atoms with Crippen molar-refractivity contribution in [2.24, 2.45) is 5.73 Å². The molecule has 1 rings (SSSR count). The summed E-state index contributed by atoms with van der Waals surface area (Å²) in [6.45, 7) is 0.362. The van der Waals surface area contributed by atoms with Gasteiger partial charge in [-0.3, -0.25) is 0 Å². The highest BCUT2D eigenvalue weighted by molar-refractivity contribution is 5.57. The summed E-state index contributed by atoms with van der Waals surface area (Å²) in [5, 5.41) is 9.30. The Labute approximate surface area is 66.0 Å². The third kappa shape index (κ3) is 2.09. The van der Waals surface area contributed by atoms with Crippen LogP contribution in [0, 0.1) is 0 Å². The number of nitrogens with two attached hydrogens (primary N) is 1. The minimum absolute atomic E-state index is 0.244. The zero-order chi connectivity index (χ0) is 8.10. The van der Waals surface area contributed by atoms with Gasteiger partial charge in [0.05, 0.1) is 0 Å². The summed E-state index contributed by atoms with van der Waals surface area (Å²) in [7, 11) is 0. The van der Waals surface area contributed by atoms with Crippen LogP contribution in [-0.2, 0) is 0 Å². The highest BCUT2D eigenvalue weighted by Crippen LogP contribution is 2.08. The van der Waals surface area contributed by atoms with Crippen molar-refractivity contribution in [3.05, 3.63) is 42.0 Å². The van der Waals surface area contributed by atoms with Crippen LogP contribution in [0.1, 0.15) is 5.56 Å². The summed E-state index contributed by atoms with van der Waals surface area (Å²) in [6.07, 6.45) is 1.58. The Hall–Kier alpha value is -1.28. The number of aliphatic hydroxyl groups is 1. The fourth-order valence-corrected chi connectivity index (χ4v) is 0.838. The summed E-state index contributed by atoms with van der Waals surface area (Å²) in [4.78, 5) is 0. The monoisotopic (exact) mass is 149 g/mol. The van der Waals surface area contributed by atoms with E-state index in [-0.39, 0.29) is 5.76 Å². The molecule has 0 aliphatic carbocycles. The molecule has 11 heavy (non-hydrogen) atoms. The van der Waals surface area contributed by atoms with Crippen LogP contribution in [0.15, 0.2) is 36.4 Å². The maximum Gasteiger partial charge on any atom is 0.120 e. The van der Waals surface area contributed by atoms with E-state index in [1.165, 1.54) is 0 Å². The molecule has 0 spiro atoms. The molecule has 0 radical (unpaired) electrons. The van der Waals surface area contributed by atoms with Crippen molar-refractivity contribution < 1.29 is 5.11 Å². The van der Waals surface area contributed by atoms with E-state index in [1.807, 2.05) is 30.3 Å². The highest BCUT2D eigenvalue weighted by atomic mass is 16.3. The van der Waals surface area contributed by atoms with Gasteiger partial charge in [-0.05, 0) is 6.08 Å². The third-order valence-corrected chi connectivity index (χ3v) is 1.38. The van der Waals surface area contributed by atoms with Crippen LogP contribution >= 0.6 is 0 Å². The smallest absolute Gasteiger partial charge is 0.120 e. The van der Waals surface area contributed by atoms with Gasteiger partial charge in [0.25, 0.3) is 0 Å². The van der Waals surface area contributed by atoms with E-state index in [1.54, 1.807) is 6.08 Å². The molecule has 0 aromatic heterocycles. The maximum absolute atomic E-state index is 9.30. The molecule has 0 aliphatic rings. The predicted molar refractivity (Wildman–Crippen MR) is 46.1 cm³/mol. The molecule has 0 atom stereocenters. The van der Waals surface area contributed by atoms with Crippen LogP contribution < -0.4 is 5.73 Å². The Kier molecular flexibility index (Phi) is 2.69. The van der Waals surface area contributed by atoms with Crippen LogP contribution in [0.2, 0.25) is 0 Å². The molecule has 2 heteroatoms. The molecule has 2 nitrogen and oxygen atoms in total. The number of benzene rings is 1. The van der Waals surface area contributed by atoms with Gasteiger partial charge in [0, 0.05) is 12.1 Å². The lowest BCUT2D eigenvalue weighted by molar-refractivity contribution is 0.510. The van der Waals surface area contributed by atoms with Crippen LogP contribution in [-0.4, -0.2) is 11.7 Å². The lowest BCUT2D eigenvalue weighted by Gasteiger charge is -1.97. The topological polar surface area (TPSA) is 46.2 Å². The van der Waals surface area contributed by atoms with Gasteiger partial charge in [0.2, 0.25) is 0 Å². The molecular formula is C9H11NO. The van der Waals surface area contributed by atoms with Crippen LogP contribution in [0.5, 0.6) is 0 Å². The lowest BCUT2D eigenvalue weighted by atomic mass is 10.2. The van der Waals surface area contributed by atoms with E-state index in [9.17, 15) is 5.11 Å². The molecular weight excluding hydrogens is 138 g/mol. The fraction of sp³-hybridized carbons (Fsp3) is 0.111. The molecule has 58 valence electrons. The molecule has 0 bridgehead atoms. The highest BCUT2D eigenvalue weighted by Gasteiger charge is 1.93. The van der Waals surface area contributed by atoms with Gasteiger partial charge in [-0.1, -0.05) is 30.3 Å². The zero-order valence-corrected chi connectivity index (χ0v) is 6.20. The van der Waals surface area contributed by atoms with Gasteiger partial charge < -0.3 is 10.8 Å². The van der Waals surface area contributed by atoms with E-state index >= 15 is 0 Å². The van der Waals surface area contributed by atoms with Crippen molar-refractivity contribution in [1.82, 2.24) is 0 Å². The lowest BCUT2D eigenvalue weighted by Crippen LogP contribution is -1.95. The predicted octanol–water partition coefficient (Wildman–Crippen LogP) is 1.54. The van der Waals surface area contributed by atoms with Gasteiger partial charge >= 0.3 is 0 Å². The average molecular weight is 149 g/mol. The summed E-state index contributed by atoms with van der Waals surface area (Å²) in [5.74, 6) is 0.244. The van der Waals surface area contributed by atoms with Crippen molar-refractivity contribution in [1.29, 1.82) is 0 Å². The largest absolute Gasteiger partial charge is 0.508 e. The maximum atomic E-state index is 9.30. The zero-order valence-electron chi connectivity index (χ0n) is 6.20. The van der Waals surface area contributed by atoms with Crippen LogP contribution in [0.25, 0.3) is 5.76 Å². The quantitative estimate of drug-likeness (QED) is 0.626. The van der Waals surface area contributed by atoms with Crippen molar-refractivity contribution in [2.75, 3.05) is 6.54 Å². The van der Waals surface area contributed by atoms with E-state index in [0.717, 1.165) is 5.56 Å². The Morgan fingerprint density at radius 1 is 1.36 bits per heavy atom. The van der Waals surface area contributed by atoms with Gasteiger partial charge in [-0.2, -0.15) is 0 Å². The molecule has 1 aromatic carbocycles. The molecule has 0 unspecified atom stereocenters. The summed E-state index contributed by atoms with van der Waals surface area (Å²) < 4.78 is 0. The number of hydrogen-bond acceptors (Lipinski definition) is 2. The molecule has 0 fully saturated rings. The van der Waals surface area contributed by atoms with Gasteiger partial charge in [0.1, 0.15) is 5.76 Å². The first kappa shape index (κ1) is 7.82. The van der Waals surface area contributed by atoms with Gasteiger partial charge in [-0.15, -0.1) is 0 Å². The molecule has 0 saturated carbocycles. The summed E-state index contributed by atoms with van der Waals surface area (Å²) in [6, 6.07) is 9.31. The second kappa shape index (κ2) is 3.78. The van der Waals surface area contributed by atoms with E-state index in [4.69, 9.17) is 5.73 Å². The first-order chi connectivity index (χ1) is 5.34. The summed E-state index contributed by atoms with van der Waals surface area (Å²) >= 11 is 0. The van der Waals surface area contributed by atoms with Crippen molar-refractivity contribution in [2.45, 2.75) is 0 Å². The fourth-order valence-electron chi connectivity index (χ4n) is 0.838. The van der Waals surface area contributed by atoms with Gasteiger partial charge in [-0.25, -0.2) is 0 Å². The molecule has 3 N–H and O–H groups in total. The number of aliphatic hydroxyl groups excluding tert-OH is 1. The average Bonchev–Trinajstić information content (AvgIpc) is 2.07. The Morgan fingerprint density at radius 3 is 2.55 bits per heavy atom. The molecule has 1 aromatic rings. The van der Waals surface area contributed by atoms with Crippen LogP contribution in [0.3, 0.4) is 0 Å². The van der Waals surface area contributed by atoms with E-state index in [0.29, 0.717) is 6.54 Å². The third-order valence-electron chi connectivity index (χ3n) is 1.38. The normalized spacial score (nSPS) is 11.5. The Balaban J connectivity index is 2.85. The second-order valence-corrected chi connectivity index (χ2v) is 2.19. The molecule has 0 heterocycles. The first-order valence-electron chi connectivity index (χ1n) is 3.49. The van der Waals surface area contributed by atoms with Crippen molar-refractivity contribution >= 4 is 5.76 Å². The summed E-state index contributed by atoms with van der Waals surface area (Å²) in [5.41, 5.74) is 6.03. The standard InChI is InChI=1S/C9H11NO/c10-7-6-9(11)8-4-2-1-3-5-8/h1-6,11H,7,10H2. The first-order valence-corrected chi connectivity index (χ1v) is 3.49. The second-order valence-electron chi connectivity index (χ2n) is 2.19. The Morgan fingerprint density at radius 2 is 2.00 bits per heavy atom. The Bertz CT molecular complexity index is 241. The molecule has 0 amide bonds. The number of rotatable bonds is 2. The van der Waals surface area contributed by atoms with Crippen LogP contribution in [0.4, 0.5) is 0 Å². The number of hydrogen-bond donors (Lipinski definition) is 2. The van der Waals surface area contributed by atoms with E-state index in [2.05, 4.69) is 0 Å². The minimum Gasteiger partial charge on any atom is -0.508 e.